The minimum Gasteiger partial charge on any atom is -0.298 e. The van der Waals surface area contributed by atoms with Crippen molar-refractivity contribution in [2.75, 3.05) is 0 Å². The third-order valence-electron chi connectivity index (χ3n) is 2.40. The van der Waals surface area contributed by atoms with Crippen LogP contribution in [0.15, 0.2) is 22.8 Å². The Hall–Kier alpha value is -1.16. The van der Waals surface area contributed by atoms with Crippen LogP contribution in [0.5, 0.6) is 0 Å². The number of benzene rings is 1. The molecule has 3 nitrogen and oxygen atoms in total. The molecule has 1 heterocycles. The first kappa shape index (κ1) is 11.3. The maximum atomic E-state index is 10.7. The summed E-state index contributed by atoms with van der Waals surface area (Å²) >= 11 is 3.42. The van der Waals surface area contributed by atoms with Crippen LogP contribution in [-0.2, 0) is 6.54 Å². The van der Waals surface area contributed by atoms with Crippen molar-refractivity contribution >= 4 is 33.1 Å². The van der Waals surface area contributed by atoms with E-state index in [1.165, 1.54) is 0 Å². The molecule has 0 bridgehead atoms. The topological polar surface area (TPSA) is 34.9 Å². The molecule has 0 saturated carbocycles. The van der Waals surface area contributed by atoms with Crippen LogP contribution < -0.4 is 0 Å². The van der Waals surface area contributed by atoms with E-state index in [-0.39, 0.29) is 0 Å². The van der Waals surface area contributed by atoms with E-state index >= 15 is 0 Å². The van der Waals surface area contributed by atoms with Gasteiger partial charge in [-0.1, -0.05) is 13.8 Å². The first-order chi connectivity index (χ1) is 7.61. The second-order valence-corrected chi connectivity index (χ2v) is 5.01. The van der Waals surface area contributed by atoms with Gasteiger partial charge in [-0.25, -0.2) is 0 Å². The van der Waals surface area contributed by atoms with Crippen molar-refractivity contribution in [2.45, 2.75) is 20.4 Å². The van der Waals surface area contributed by atoms with Crippen LogP contribution in [0.1, 0.15) is 24.2 Å². The zero-order chi connectivity index (χ0) is 11.7. The molecule has 2 rings (SSSR count). The fraction of sp³-hybridized carbons (Fsp3) is 0.333. The first-order valence-corrected chi connectivity index (χ1v) is 6.02. The smallest absolute Gasteiger partial charge is 0.150 e. The molecular weight excluding hydrogens is 268 g/mol. The number of fused-ring (bicyclic) bond motifs is 1. The predicted octanol–water partition coefficient (Wildman–Crippen LogP) is 3.27. The Morgan fingerprint density at radius 2 is 2.25 bits per heavy atom. The van der Waals surface area contributed by atoms with Crippen LogP contribution in [0.3, 0.4) is 0 Å². The fourth-order valence-electron chi connectivity index (χ4n) is 1.72. The number of hydrogen-bond acceptors (Lipinski definition) is 2. The van der Waals surface area contributed by atoms with Crippen LogP contribution in [0.25, 0.3) is 10.9 Å². The van der Waals surface area contributed by atoms with Crippen molar-refractivity contribution in [3.8, 4) is 0 Å². The summed E-state index contributed by atoms with van der Waals surface area (Å²) in [5, 5.41) is 5.41. The molecule has 0 fully saturated rings. The zero-order valence-corrected chi connectivity index (χ0v) is 10.9. The number of hydrogen-bond donors (Lipinski definition) is 0. The lowest BCUT2D eigenvalue weighted by atomic mass is 10.2. The number of aromatic nitrogens is 2. The highest BCUT2D eigenvalue weighted by atomic mass is 79.9. The zero-order valence-electron chi connectivity index (χ0n) is 9.27. The van der Waals surface area contributed by atoms with Gasteiger partial charge in [-0.15, -0.1) is 0 Å². The monoisotopic (exact) mass is 280 g/mol. The van der Waals surface area contributed by atoms with E-state index in [0.717, 1.165) is 28.3 Å². The SMILES string of the molecule is CC(C)Cn1nc(Br)c2cc(C=O)ccc21. The van der Waals surface area contributed by atoms with E-state index in [4.69, 9.17) is 0 Å². The van der Waals surface area contributed by atoms with Gasteiger partial charge in [0.15, 0.2) is 0 Å². The lowest BCUT2D eigenvalue weighted by molar-refractivity contribution is 0.112. The summed E-state index contributed by atoms with van der Waals surface area (Å²) < 4.78 is 2.77. The van der Waals surface area contributed by atoms with Gasteiger partial charge in [0.1, 0.15) is 10.9 Å². The number of carbonyl (C=O) groups is 1. The molecule has 0 spiro atoms. The maximum absolute atomic E-state index is 10.7. The highest BCUT2D eigenvalue weighted by Crippen LogP contribution is 2.24. The van der Waals surface area contributed by atoms with E-state index in [2.05, 4.69) is 34.9 Å². The number of halogens is 1. The Morgan fingerprint density at radius 1 is 1.50 bits per heavy atom. The molecule has 0 saturated heterocycles. The summed E-state index contributed by atoms with van der Waals surface area (Å²) in [5.41, 5.74) is 1.74. The second kappa shape index (κ2) is 4.37. The molecule has 0 aliphatic carbocycles. The molecule has 0 N–H and O–H groups in total. The van der Waals surface area contributed by atoms with E-state index in [1.54, 1.807) is 0 Å². The number of aldehydes is 1. The van der Waals surface area contributed by atoms with Crippen molar-refractivity contribution in [1.29, 1.82) is 0 Å². The first-order valence-electron chi connectivity index (χ1n) is 5.23. The number of rotatable bonds is 3. The van der Waals surface area contributed by atoms with Crippen molar-refractivity contribution in [3.63, 3.8) is 0 Å². The van der Waals surface area contributed by atoms with Gasteiger partial charge in [0.25, 0.3) is 0 Å². The average Bonchev–Trinajstić information content (AvgIpc) is 2.54. The minimum absolute atomic E-state index is 0.542. The van der Waals surface area contributed by atoms with Crippen molar-refractivity contribution in [1.82, 2.24) is 9.78 Å². The minimum atomic E-state index is 0.542. The standard InChI is InChI=1S/C12H13BrN2O/c1-8(2)6-15-11-4-3-9(7-16)5-10(11)12(13)14-15/h3-5,7-8H,6H2,1-2H3. The van der Waals surface area contributed by atoms with Gasteiger partial charge in [-0.3, -0.25) is 9.48 Å². The van der Waals surface area contributed by atoms with Crippen LogP contribution in [0.4, 0.5) is 0 Å². The van der Waals surface area contributed by atoms with Crippen LogP contribution in [-0.4, -0.2) is 16.1 Å². The quantitative estimate of drug-likeness (QED) is 0.809. The third-order valence-corrected chi connectivity index (χ3v) is 2.99. The Kier molecular flexibility index (Phi) is 3.10. The molecule has 0 aliphatic heterocycles. The van der Waals surface area contributed by atoms with Crippen LogP contribution in [0, 0.1) is 5.92 Å². The van der Waals surface area contributed by atoms with Crippen LogP contribution in [0.2, 0.25) is 0 Å². The van der Waals surface area contributed by atoms with E-state index < -0.39 is 0 Å². The fourth-order valence-corrected chi connectivity index (χ4v) is 2.23. The molecule has 1 aromatic heterocycles. The predicted molar refractivity (Wildman–Crippen MR) is 67.7 cm³/mol. The molecule has 0 aliphatic rings. The van der Waals surface area contributed by atoms with E-state index in [0.29, 0.717) is 11.5 Å². The van der Waals surface area contributed by atoms with Crippen molar-refractivity contribution < 1.29 is 4.79 Å². The van der Waals surface area contributed by atoms with Gasteiger partial charge >= 0.3 is 0 Å². The van der Waals surface area contributed by atoms with Gasteiger partial charge < -0.3 is 0 Å². The third kappa shape index (κ3) is 2.02. The summed E-state index contributed by atoms with van der Waals surface area (Å²) in [6, 6.07) is 5.62. The largest absolute Gasteiger partial charge is 0.298 e. The molecule has 1 aromatic carbocycles. The second-order valence-electron chi connectivity index (χ2n) is 4.26. The Morgan fingerprint density at radius 3 is 2.88 bits per heavy atom. The molecule has 0 unspecified atom stereocenters. The average molecular weight is 281 g/mol. The van der Waals surface area contributed by atoms with Gasteiger partial charge in [0.05, 0.1) is 5.52 Å². The van der Waals surface area contributed by atoms with Crippen LogP contribution >= 0.6 is 15.9 Å². The molecule has 0 radical (unpaired) electrons. The Labute approximate surface area is 103 Å². The molecular formula is C12H13BrN2O. The lowest BCUT2D eigenvalue weighted by Crippen LogP contribution is -2.05. The van der Waals surface area contributed by atoms with Gasteiger partial charge in [-0.2, -0.15) is 5.10 Å². The van der Waals surface area contributed by atoms with E-state index in [1.807, 2.05) is 22.9 Å². The normalized spacial score (nSPS) is 11.2. The highest BCUT2D eigenvalue weighted by Gasteiger charge is 2.09. The summed E-state index contributed by atoms with van der Waals surface area (Å²) in [6.45, 7) is 5.19. The Balaban J connectivity index is 2.57. The molecule has 16 heavy (non-hydrogen) atoms. The highest BCUT2D eigenvalue weighted by molar-refractivity contribution is 9.10. The number of carbonyl (C=O) groups excluding carboxylic acids is 1. The molecule has 0 atom stereocenters. The summed E-state index contributed by atoms with van der Waals surface area (Å²) in [7, 11) is 0. The molecule has 2 aromatic rings. The molecule has 4 heteroatoms. The Bertz CT molecular complexity index is 531. The maximum Gasteiger partial charge on any atom is 0.150 e. The number of nitrogens with zero attached hydrogens (tertiary/aromatic N) is 2. The molecule has 84 valence electrons. The van der Waals surface area contributed by atoms with Gasteiger partial charge in [0, 0.05) is 17.5 Å². The summed E-state index contributed by atoms with van der Waals surface area (Å²) in [6.07, 6.45) is 0.853. The lowest BCUT2D eigenvalue weighted by Gasteiger charge is -2.05. The summed E-state index contributed by atoms with van der Waals surface area (Å²) in [4.78, 5) is 10.7. The van der Waals surface area contributed by atoms with Crippen molar-refractivity contribution in [3.05, 3.63) is 28.4 Å². The van der Waals surface area contributed by atoms with E-state index in [9.17, 15) is 4.79 Å². The van der Waals surface area contributed by atoms with Gasteiger partial charge in [0.2, 0.25) is 0 Å². The van der Waals surface area contributed by atoms with Gasteiger partial charge in [-0.05, 0) is 40.0 Å². The summed E-state index contributed by atoms with van der Waals surface area (Å²) in [5.74, 6) is 0.542. The van der Waals surface area contributed by atoms with Crippen molar-refractivity contribution in [2.24, 2.45) is 5.92 Å². The molecule has 0 amide bonds.